The lowest BCUT2D eigenvalue weighted by atomic mass is 9.88. The van der Waals surface area contributed by atoms with E-state index >= 15 is 0 Å². The van der Waals surface area contributed by atoms with Gasteiger partial charge in [-0.15, -0.1) is 0 Å². The van der Waals surface area contributed by atoms with Crippen molar-refractivity contribution in [2.24, 2.45) is 5.41 Å². The predicted octanol–water partition coefficient (Wildman–Crippen LogP) is 2.02. The fourth-order valence-electron chi connectivity index (χ4n) is 2.12. The van der Waals surface area contributed by atoms with Gasteiger partial charge < -0.3 is 4.74 Å². The highest BCUT2D eigenvalue weighted by Gasteiger charge is 2.37. The maximum absolute atomic E-state index is 12.2. The average molecular weight is 255 g/mol. The average Bonchev–Trinajstić information content (AvgIpc) is 2.57. The van der Waals surface area contributed by atoms with Crippen molar-refractivity contribution in [3.63, 3.8) is 0 Å². The lowest BCUT2D eigenvalue weighted by Crippen LogP contribution is -2.42. The van der Waals surface area contributed by atoms with E-state index in [4.69, 9.17) is 4.74 Å². The van der Waals surface area contributed by atoms with E-state index in [9.17, 15) is 9.59 Å². The number of carbonyl (C=O) groups excluding carboxylic acids is 2. The molecule has 1 aliphatic heterocycles. The third-order valence-electron chi connectivity index (χ3n) is 3.55. The lowest BCUT2D eigenvalue weighted by molar-refractivity contribution is -0.158. The molecule has 0 N–H and O–H groups in total. The largest absolute Gasteiger partial charge is 0.465 e. The fraction of sp³-hybridized carbons (Fsp3) is 0.857. The SMILES string of the molecule is CCOC(=O)C(C)(C)C(=O)CN1CCCCCC1. The van der Waals surface area contributed by atoms with Crippen LogP contribution in [0.4, 0.5) is 0 Å². The van der Waals surface area contributed by atoms with Crippen molar-refractivity contribution >= 4 is 11.8 Å². The summed E-state index contributed by atoms with van der Waals surface area (Å²) in [4.78, 5) is 26.1. The van der Waals surface area contributed by atoms with Gasteiger partial charge in [-0.3, -0.25) is 14.5 Å². The minimum Gasteiger partial charge on any atom is -0.465 e. The minimum atomic E-state index is -1.03. The van der Waals surface area contributed by atoms with Crippen LogP contribution in [-0.2, 0) is 14.3 Å². The van der Waals surface area contributed by atoms with Crippen molar-refractivity contribution in [2.45, 2.75) is 46.5 Å². The first-order chi connectivity index (χ1) is 8.48. The molecule has 1 aliphatic rings. The summed E-state index contributed by atoms with van der Waals surface area (Å²) in [5.41, 5.74) is -1.03. The van der Waals surface area contributed by atoms with Crippen molar-refractivity contribution in [2.75, 3.05) is 26.2 Å². The van der Waals surface area contributed by atoms with Crippen molar-refractivity contribution in [1.82, 2.24) is 4.90 Å². The summed E-state index contributed by atoms with van der Waals surface area (Å²) in [6.45, 7) is 7.68. The Morgan fingerprint density at radius 1 is 1.11 bits per heavy atom. The van der Waals surface area contributed by atoms with E-state index in [2.05, 4.69) is 4.90 Å². The van der Waals surface area contributed by atoms with E-state index in [1.54, 1.807) is 20.8 Å². The number of ketones is 1. The molecule has 104 valence electrons. The van der Waals surface area contributed by atoms with Gasteiger partial charge in [-0.25, -0.2) is 0 Å². The molecule has 0 aromatic heterocycles. The van der Waals surface area contributed by atoms with Crippen LogP contribution in [0, 0.1) is 5.41 Å². The van der Waals surface area contributed by atoms with Crippen LogP contribution in [0.25, 0.3) is 0 Å². The molecular formula is C14H25NO3. The number of esters is 1. The second kappa shape index (κ2) is 6.88. The van der Waals surface area contributed by atoms with Crippen LogP contribution in [0.15, 0.2) is 0 Å². The molecule has 0 radical (unpaired) electrons. The van der Waals surface area contributed by atoms with E-state index in [-0.39, 0.29) is 5.78 Å². The summed E-state index contributed by atoms with van der Waals surface area (Å²) < 4.78 is 4.96. The predicted molar refractivity (Wildman–Crippen MR) is 70.3 cm³/mol. The van der Waals surface area contributed by atoms with Gasteiger partial charge in [-0.05, 0) is 46.7 Å². The number of carbonyl (C=O) groups is 2. The van der Waals surface area contributed by atoms with Gasteiger partial charge in [0.15, 0.2) is 5.78 Å². The molecular weight excluding hydrogens is 230 g/mol. The highest BCUT2D eigenvalue weighted by Crippen LogP contribution is 2.20. The third kappa shape index (κ3) is 4.09. The topological polar surface area (TPSA) is 46.6 Å². The molecule has 18 heavy (non-hydrogen) atoms. The molecule has 4 nitrogen and oxygen atoms in total. The molecule has 0 bridgehead atoms. The number of nitrogens with zero attached hydrogens (tertiary/aromatic N) is 1. The van der Waals surface area contributed by atoms with Crippen LogP contribution in [0.5, 0.6) is 0 Å². The Bertz CT molecular complexity index is 291. The van der Waals surface area contributed by atoms with Crippen LogP contribution < -0.4 is 0 Å². The van der Waals surface area contributed by atoms with Gasteiger partial charge in [0, 0.05) is 0 Å². The van der Waals surface area contributed by atoms with Gasteiger partial charge in [0.2, 0.25) is 0 Å². The lowest BCUT2D eigenvalue weighted by Gasteiger charge is -2.25. The molecule has 1 heterocycles. The number of hydrogen-bond acceptors (Lipinski definition) is 4. The maximum Gasteiger partial charge on any atom is 0.319 e. The highest BCUT2D eigenvalue weighted by atomic mass is 16.5. The number of Topliss-reactive ketones (excluding diaryl/α,β-unsaturated/α-hetero) is 1. The normalized spacial score (nSPS) is 18.2. The van der Waals surface area contributed by atoms with Gasteiger partial charge in [0.1, 0.15) is 5.41 Å². The first-order valence-corrected chi connectivity index (χ1v) is 6.91. The summed E-state index contributed by atoms with van der Waals surface area (Å²) in [7, 11) is 0. The van der Waals surface area contributed by atoms with Crippen molar-refractivity contribution < 1.29 is 14.3 Å². The summed E-state index contributed by atoms with van der Waals surface area (Å²) in [6.07, 6.45) is 4.78. The van der Waals surface area contributed by atoms with Crippen LogP contribution in [0.3, 0.4) is 0 Å². The Labute approximate surface area is 110 Å². The maximum atomic E-state index is 12.2. The Morgan fingerprint density at radius 3 is 2.17 bits per heavy atom. The molecule has 0 aromatic rings. The zero-order valence-electron chi connectivity index (χ0n) is 11.8. The van der Waals surface area contributed by atoms with Crippen LogP contribution in [0.1, 0.15) is 46.5 Å². The van der Waals surface area contributed by atoms with Gasteiger partial charge in [-0.1, -0.05) is 12.8 Å². The molecule has 0 atom stereocenters. The highest BCUT2D eigenvalue weighted by molar-refractivity contribution is 6.03. The molecule has 1 rings (SSSR count). The first kappa shape index (κ1) is 15.2. The monoisotopic (exact) mass is 255 g/mol. The van der Waals surface area contributed by atoms with E-state index in [1.165, 1.54) is 12.8 Å². The van der Waals surface area contributed by atoms with E-state index in [0.29, 0.717) is 13.2 Å². The zero-order chi connectivity index (χ0) is 13.6. The Morgan fingerprint density at radius 2 is 1.67 bits per heavy atom. The number of likely N-dealkylation sites (tertiary alicyclic amines) is 1. The van der Waals surface area contributed by atoms with Gasteiger partial charge in [0.25, 0.3) is 0 Å². The summed E-state index contributed by atoms with van der Waals surface area (Å²) in [5, 5.41) is 0. The van der Waals surface area contributed by atoms with Crippen LogP contribution in [-0.4, -0.2) is 42.9 Å². The van der Waals surface area contributed by atoms with E-state index < -0.39 is 11.4 Å². The quantitative estimate of drug-likeness (QED) is 0.557. The van der Waals surface area contributed by atoms with Gasteiger partial charge in [0.05, 0.1) is 13.2 Å². The first-order valence-electron chi connectivity index (χ1n) is 6.91. The number of ether oxygens (including phenoxy) is 1. The van der Waals surface area contributed by atoms with Crippen molar-refractivity contribution in [3.8, 4) is 0 Å². The summed E-state index contributed by atoms with van der Waals surface area (Å²) in [5.74, 6) is -0.451. The Kier molecular flexibility index (Phi) is 5.79. The van der Waals surface area contributed by atoms with Crippen molar-refractivity contribution in [1.29, 1.82) is 0 Å². The minimum absolute atomic E-state index is 0.0390. The molecule has 1 fully saturated rings. The molecule has 0 saturated carbocycles. The summed E-state index contributed by atoms with van der Waals surface area (Å²) >= 11 is 0. The molecule has 0 amide bonds. The fourth-order valence-corrected chi connectivity index (χ4v) is 2.12. The molecule has 0 aromatic carbocycles. The van der Waals surface area contributed by atoms with Gasteiger partial charge >= 0.3 is 5.97 Å². The standard InChI is InChI=1S/C14H25NO3/c1-4-18-13(17)14(2,3)12(16)11-15-9-7-5-6-8-10-15/h4-11H2,1-3H3. The Balaban J connectivity index is 2.54. The number of rotatable bonds is 5. The molecule has 0 aliphatic carbocycles. The van der Waals surface area contributed by atoms with Gasteiger partial charge in [-0.2, -0.15) is 0 Å². The molecule has 0 spiro atoms. The van der Waals surface area contributed by atoms with Crippen molar-refractivity contribution in [3.05, 3.63) is 0 Å². The zero-order valence-corrected chi connectivity index (χ0v) is 11.8. The number of hydrogen-bond donors (Lipinski definition) is 0. The molecule has 1 saturated heterocycles. The second-order valence-corrected chi connectivity index (χ2v) is 5.46. The molecule has 4 heteroatoms. The van der Waals surface area contributed by atoms with E-state index in [1.807, 2.05) is 0 Å². The molecule has 0 unspecified atom stereocenters. The smallest absolute Gasteiger partial charge is 0.319 e. The van der Waals surface area contributed by atoms with Crippen LogP contribution >= 0.6 is 0 Å². The second-order valence-electron chi connectivity index (χ2n) is 5.46. The van der Waals surface area contributed by atoms with Crippen LogP contribution in [0.2, 0.25) is 0 Å². The summed E-state index contributed by atoms with van der Waals surface area (Å²) in [6, 6.07) is 0. The third-order valence-corrected chi connectivity index (χ3v) is 3.55. The van der Waals surface area contributed by atoms with E-state index in [0.717, 1.165) is 25.9 Å². The Hall–Kier alpha value is -0.900.